The number of nitrogens with zero attached hydrogens (tertiary/aromatic N) is 3. The minimum atomic E-state index is -0.946. The van der Waals surface area contributed by atoms with E-state index >= 15 is 0 Å². The Bertz CT molecular complexity index is 696. The van der Waals surface area contributed by atoms with Crippen LogP contribution in [0.2, 0.25) is 0 Å². The number of hydrogen-bond donors (Lipinski definition) is 1. The van der Waals surface area contributed by atoms with Crippen molar-refractivity contribution in [3.63, 3.8) is 0 Å². The standard InChI is InChI=1S/C14H15N3O2/c1-8-13-10(3-6-12(18)19)7-17(11-4-5-11)14(13)16-9(2)15-8/h3,6-7,11H,4-5H2,1-2H3,(H,18,19)/b6-3+. The summed E-state index contributed by atoms with van der Waals surface area (Å²) in [6, 6.07) is 0.503. The monoisotopic (exact) mass is 257 g/mol. The topological polar surface area (TPSA) is 68.0 Å². The number of rotatable bonds is 3. The van der Waals surface area contributed by atoms with Crippen molar-refractivity contribution in [2.45, 2.75) is 32.7 Å². The predicted molar refractivity (Wildman–Crippen MR) is 71.9 cm³/mol. The van der Waals surface area contributed by atoms with Crippen molar-refractivity contribution in [2.75, 3.05) is 0 Å². The Morgan fingerprint density at radius 3 is 2.79 bits per heavy atom. The molecule has 0 amide bonds. The molecule has 3 rings (SSSR count). The Hall–Kier alpha value is -2.17. The number of aromatic nitrogens is 3. The van der Waals surface area contributed by atoms with Crippen LogP contribution in [0.4, 0.5) is 0 Å². The van der Waals surface area contributed by atoms with Gasteiger partial charge < -0.3 is 9.67 Å². The van der Waals surface area contributed by atoms with Crippen LogP contribution >= 0.6 is 0 Å². The van der Waals surface area contributed by atoms with E-state index in [0.717, 1.165) is 47.0 Å². The van der Waals surface area contributed by atoms with E-state index in [1.54, 1.807) is 6.08 Å². The third kappa shape index (κ3) is 2.12. The average molecular weight is 257 g/mol. The number of hydrogen-bond acceptors (Lipinski definition) is 3. The first-order chi connectivity index (χ1) is 9.06. The van der Waals surface area contributed by atoms with Crippen LogP contribution in [0.15, 0.2) is 12.3 Å². The third-order valence-electron chi connectivity index (χ3n) is 3.34. The van der Waals surface area contributed by atoms with Gasteiger partial charge >= 0.3 is 5.97 Å². The minimum absolute atomic E-state index is 0.503. The van der Waals surface area contributed by atoms with E-state index in [9.17, 15) is 4.79 Å². The Balaban J connectivity index is 2.24. The number of aliphatic carboxylic acids is 1. The summed E-state index contributed by atoms with van der Waals surface area (Å²) in [6.07, 6.45) is 7.09. The highest BCUT2D eigenvalue weighted by atomic mass is 16.4. The quantitative estimate of drug-likeness (QED) is 0.858. The molecule has 0 spiro atoms. The van der Waals surface area contributed by atoms with E-state index in [1.807, 2.05) is 20.0 Å². The Labute approximate surface area is 110 Å². The summed E-state index contributed by atoms with van der Waals surface area (Å²) in [7, 11) is 0. The molecule has 1 aliphatic rings. The van der Waals surface area contributed by atoms with Crippen LogP contribution in [-0.2, 0) is 4.79 Å². The molecule has 98 valence electrons. The van der Waals surface area contributed by atoms with E-state index in [2.05, 4.69) is 14.5 Å². The van der Waals surface area contributed by atoms with Gasteiger partial charge in [-0.2, -0.15) is 0 Å². The molecule has 1 aliphatic carbocycles. The summed E-state index contributed by atoms with van der Waals surface area (Å²) in [4.78, 5) is 19.6. The smallest absolute Gasteiger partial charge is 0.328 e. The van der Waals surface area contributed by atoms with Gasteiger partial charge in [-0.05, 0) is 32.8 Å². The van der Waals surface area contributed by atoms with Crippen molar-refractivity contribution in [3.8, 4) is 0 Å². The second kappa shape index (κ2) is 4.19. The lowest BCUT2D eigenvalue weighted by Crippen LogP contribution is -1.97. The summed E-state index contributed by atoms with van der Waals surface area (Å²) < 4.78 is 2.15. The number of aryl methyl sites for hydroxylation is 2. The van der Waals surface area contributed by atoms with Gasteiger partial charge in [0.05, 0.1) is 5.69 Å². The van der Waals surface area contributed by atoms with E-state index in [-0.39, 0.29) is 0 Å². The molecule has 0 aromatic carbocycles. The molecule has 0 saturated heterocycles. The molecule has 2 aromatic heterocycles. The van der Waals surface area contributed by atoms with Gasteiger partial charge in [-0.1, -0.05) is 0 Å². The maximum absolute atomic E-state index is 10.7. The molecule has 5 heteroatoms. The van der Waals surface area contributed by atoms with Crippen molar-refractivity contribution in [3.05, 3.63) is 29.4 Å². The van der Waals surface area contributed by atoms with Gasteiger partial charge in [-0.3, -0.25) is 0 Å². The van der Waals surface area contributed by atoms with Crippen molar-refractivity contribution >= 4 is 23.1 Å². The molecule has 0 atom stereocenters. The van der Waals surface area contributed by atoms with Crippen LogP contribution < -0.4 is 0 Å². The normalized spacial score (nSPS) is 15.5. The van der Waals surface area contributed by atoms with E-state index in [0.29, 0.717) is 6.04 Å². The fourth-order valence-corrected chi connectivity index (χ4v) is 2.41. The third-order valence-corrected chi connectivity index (χ3v) is 3.34. The molecule has 1 N–H and O–H groups in total. The molecular formula is C14H15N3O2. The zero-order valence-corrected chi connectivity index (χ0v) is 10.9. The summed E-state index contributed by atoms with van der Waals surface area (Å²) in [5, 5.41) is 9.72. The van der Waals surface area contributed by atoms with Crippen molar-refractivity contribution < 1.29 is 9.90 Å². The lowest BCUT2D eigenvalue weighted by Gasteiger charge is -2.03. The van der Waals surface area contributed by atoms with Gasteiger partial charge in [-0.25, -0.2) is 14.8 Å². The van der Waals surface area contributed by atoms with Gasteiger partial charge in [0.1, 0.15) is 11.5 Å². The molecule has 1 saturated carbocycles. The molecule has 0 radical (unpaired) electrons. The molecule has 2 aromatic rings. The van der Waals surface area contributed by atoms with Crippen LogP contribution in [0.5, 0.6) is 0 Å². The number of carboxylic acids is 1. The molecule has 5 nitrogen and oxygen atoms in total. The van der Waals surface area contributed by atoms with E-state index in [1.165, 1.54) is 0 Å². The Morgan fingerprint density at radius 1 is 1.42 bits per heavy atom. The van der Waals surface area contributed by atoms with Crippen LogP contribution in [0.1, 0.15) is 36.0 Å². The molecule has 0 bridgehead atoms. The van der Waals surface area contributed by atoms with Gasteiger partial charge in [-0.15, -0.1) is 0 Å². The average Bonchev–Trinajstić information content (AvgIpc) is 3.09. The fourth-order valence-electron chi connectivity index (χ4n) is 2.41. The minimum Gasteiger partial charge on any atom is -0.478 e. The first-order valence-electron chi connectivity index (χ1n) is 6.33. The first kappa shape index (κ1) is 11.9. The lowest BCUT2D eigenvalue weighted by molar-refractivity contribution is -0.131. The van der Waals surface area contributed by atoms with Crippen molar-refractivity contribution in [1.82, 2.24) is 14.5 Å². The van der Waals surface area contributed by atoms with Crippen molar-refractivity contribution in [2.24, 2.45) is 0 Å². The Kier molecular flexibility index (Phi) is 2.62. The molecule has 19 heavy (non-hydrogen) atoms. The molecule has 0 aliphatic heterocycles. The summed E-state index contributed by atoms with van der Waals surface area (Å²) >= 11 is 0. The highest BCUT2D eigenvalue weighted by Gasteiger charge is 2.26. The summed E-state index contributed by atoms with van der Waals surface area (Å²) in [5.74, 6) is -0.197. The largest absolute Gasteiger partial charge is 0.478 e. The molecule has 1 fully saturated rings. The molecule has 0 unspecified atom stereocenters. The summed E-state index contributed by atoms with van der Waals surface area (Å²) in [6.45, 7) is 3.82. The zero-order valence-electron chi connectivity index (χ0n) is 10.9. The molecule has 2 heterocycles. The van der Waals surface area contributed by atoms with Gasteiger partial charge in [0.2, 0.25) is 0 Å². The Morgan fingerprint density at radius 2 is 2.16 bits per heavy atom. The van der Waals surface area contributed by atoms with Crippen LogP contribution in [0.25, 0.3) is 17.1 Å². The number of carbonyl (C=O) groups is 1. The van der Waals surface area contributed by atoms with Gasteiger partial charge in [0, 0.05) is 29.3 Å². The first-order valence-corrected chi connectivity index (χ1v) is 6.33. The second-order valence-electron chi connectivity index (χ2n) is 4.95. The second-order valence-corrected chi connectivity index (χ2v) is 4.95. The number of carboxylic acid groups (broad SMARTS) is 1. The lowest BCUT2D eigenvalue weighted by atomic mass is 10.2. The maximum Gasteiger partial charge on any atom is 0.328 e. The van der Waals surface area contributed by atoms with Crippen LogP contribution in [0.3, 0.4) is 0 Å². The summed E-state index contributed by atoms with van der Waals surface area (Å²) in [5.41, 5.74) is 2.69. The fraction of sp³-hybridized carbons (Fsp3) is 0.357. The predicted octanol–water partition coefficient (Wildman–Crippen LogP) is 2.48. The van der Waals surface area contributed by atoms with Gasteiger partial charge in [0.25, 0.3) is 0 Å². The van der Waals surface area contributed by atoms with Crippen LogP contribution in [0, 0.1) is 13.8 Å². The maximum atomic E-state index is 10.7. The van der Waals surface area contributed by atoms with E-state index < -0.39 is 5.97 Å². The van der Waals surface area contributed by atoms with E-state index in [4.69, 9.17) is 5.11 Å². The van der Waals surface area contributed by atoms with Crippen LogP contribution in [-0.4, -0.2) is 25.6 Å². The number of fused-ring (bicyclic) bond motifs is 1. The highest BCUT2D eigenvalue weighted by Crippen LogP contribution is 2.39. The highest BCUT2D eigenvalue weighted by molar-refractivity contribution is 5.93. The van der Waals surface area contributed by atoms with Gasteiger partial charge in [0.15, 0.2) is 0 Å². The SMILES string of the molecule is Cc1nc(C)c2c(/C=C/C(=O)O)cn(C3CC3)c2n1. The van der Waals surface area contributed by atoms with Crippen molar-refractivity contribution in [1.29, 1.82) is 0 Å². The zero-order chi connectivity index (χ0) is 13.6. The molecular weight excluding hydrogens is 242 g/mol.